The van der Waals surface area contributed by atoms with E-state index in [1.54, 1.807) is 11.9 Å². The van der Waals surface area contributed by atoms with Crippen LogP contribution in [0.5, 0.6) is 0 Å². The number of hydrogen-bond acceptors (Lipinski definition) is 3. The largest absolute Gasteiger partial charge is 0.317 e. The molecule has 0 aliphatic heterocycles. The number of nitrogens with two attached hydrogens (primary N) is 1. The van der Waals surface area contributed by atoms with E-state index in [-0.39, 0.29) is 5.91 Å². The van der Waals surface area contributed by atoms with E-state index in [4.69, 9.17) is 5.73 Å². The highest BCUT2D eigenvalue weighted by Gasteiger charge is 2.37. The van der Waals surface area contributed by atoms with E-state index in [2.05, 4.69) is 4.98 Å². The third-order valence-electron chi connectivity index (χ3n) is 4.40. The van der Waals surface area contributed by atoms with Gasteiger partial charge in [0.15, 0.2) is 0 Å². The summed E-state index contributed by atoms with van der Waals surface area (Å²) in [5, 5.41) is 1.07. The van der Waals surface area contributed by atoms with Crippen LogP contribution in [0.15, 0.2) is 36.4 Å². The van der Waals surface area contributed by atoms with Gasteiger partial charge in [-0.25, -0.2) is 4.98 Å². The van der Waals surface area contributed by atoms with Gasteiger partial charge in [-0.3, -0.25) is 9.69 Å². The molecule has 0 atom stereocenters. The third kappa shape index (κ3) is 2.63. The molecule has 0 unspecified atom stereocenters. The molecule has 1 fully saturated rings. The number of fused-ring (bicyclic) bond motifs is 1. The van der Waals surface area contributed by atoms with Gasteiger partial charge in [-0.1, -0.05) is 37.5 Å². The lowest BCUT2D eigenvalue weighted by molar-refractivity contribution is -0.124. The number of amides is 1. The first kappa shape index (κ1) is 14.0. The van der Waals surface area contributed by atoms with Gasteiger partial charge in [0.05, 0.1) is 11.1 Å². The number of carbonyl (C=O) groups is 1. The highest BCUT2D eigenvalue weighted by Crippen LogP contribution is 2.29. The van der Waals surface area contributed by atoms with Crippen LogP contribution in [0.2, 0.25) is 0 Å². The Balaban J connectivity index is 1.88. The number of hydrogen-bond donors (Lipinski definition) is 1. The summed E-state index contributed by atoms with van der Waals surface area (Å²) in [7, 11) is 1.77. The van der Waals surface area contributed by atoms with Gasteiger partial charge < -0.3 is 5.73 Å². The maximum atomic E-state index is 12.7. The van der Waals surface area contributed by atoms with Crippen LogP contribution in [0, 0.1) is 0 Å². The molecule has 1 heterocycles. The summed E-state index contributed by atoms with van der Waals surface area (Å²) in [6.07, 6.45) is 4.76. The lowest BCUT2D eigenvalue weighted by Gasteiger charge is -2.35. The summed E-state index contributed by atoms with van der Waals surface area (Å²) in [6, 6.07) is 11.8. The maximum Gasteiger partial charge on any atom is 0.247 e. The molecule has 1 aliphatic carbocycles. The van der Waals surface area contributed by atoms with Gasteiger partial charge >= 0.3 is 0 Å². The van der Waals surface area contributed by atoms with E-state index in [1.807, 2.05) is 36.4 Å². The maximum absolute atomic E-state index is 12.7. The number of likely N-dealkylation sites (N-methyl/N-ethyl adjacent to an activating group) is 1. The Kier molecular flexibility index (Phi) is 3.64. The number of carbonyl (C=O) groups excluding carboxylic acids is 1. The topological polar surface area (TPSA) is 59.2 Å². The molecule has 4 nitrogen and oxygen atoms in total. The normalized spacial score (nSPS) is 17.6. The molecule has 0 saturated heterocycles. The van der Waals surface area contributed by atoms with Gasteiger partial charge in [0.25, 0.3) is 0 Å². The zero-order chi connectivity index (χ0) is 14.9. The molecule has 1 amide bonds. The minimum atomic E-state index is -0.722. The second-order valence-electron chi connectivity index (χ2n) is 5.94. The SMILES string of the molecule is CN(C(=O)C1(N)CCCCC1)c1ccc2ccccc2n1. The van der Waals surface area contributed by atoms with Gasteiger partial charge in [0.1, 0.15) is 5.82 Å². The quantitative estimate of drug-likeness (QED) is 0.922. The number of nitrogens with zero attached hydrogens (tertiary/aromatic N) is 2. The Morgan fingerprint density at radius 3 is 2.62 bits per heavy atom. The van der Waals surface area contributed by atoms with E-state index in [9.17, 15) is 4.79 Å². The smallest absolute Gasteiger partial charge is 0.247 e. The average molecular weight is 283 g/mol. The molecule has 110 valence electrons. The number of pyridine rings is 1. The summed E-state index contributed by atoms with van der Waals surface area (Å²) in [6.45, 7) is 0. The molecule has 2 aromatic rings. The first-order valence-electron chi connectivity index (χ1n) is 7.53. The number of rotatable bonds is 2. The summed E-state index contributed by atoms with van der Waals surface area (Å²) in [5.41, 5.74) is 6.51. The fourth-order valence-electron chi connectivity index (χ4n) is 3.08. The molecule has 4 heteroatoms. The van der Waals surface area contributed by atoms with Crippen molar-refractivity contribution in [2.45, 2.75) is 37.6 Å². The van der Waals surface area contributed by atoms with Crippen molar-refractivity contribution >= 4 is 22.6 Å². The van der Waals surface area contributed by atoms with Crippen molar-refractivity contribution < 1.29 is 4.79 Å². The predicted molar refractivity (Wildman–Crippen MR) is 85.2 cm³/mol. The van der Waals surface area contributed by atoms with E-state index >= 15 is 0 Å². The van der Waals surface area contributed by atoms with Gasteiger partial charge in [-0.2, -0.15) is 0 Å². The molecule has 1 aromatic carbocycles. The van der Waals surface area contributed by atoms with E-state index in [0.29, 0.717) is 5.82 Å². The first-order chi connectivity index (χ1) is 10.1. The monoisotopic (exact) mass is 283 g/mol. The van der Waals surface area contributed by atoms with Crippen LogP contribution in [0.4, 0.5) is 5.82 Å². The van der Waals surface area contributed by atoms with Crippen molar-refractivity contribution in [2.24, 2.45) is 5.73 Å². The summed E-state index contributed by atoms with van der Waals surface area (Å²) in [4.78, 5) is 18.9. The van der Waals surface area contributed by atoms with Gasteiger partial charge in [-0.15, -0.1) is 0 Å². The molecule has 1 saturated carbocycles. The average Bonchev–Trinajstić information content (AvgIpc) is 2.53. The van der Waals surface area contributed by atoms with Gasteiger partial charge in [0, 0.05) is 12.4 Å². The Morgan fingerprint density at radius 2 is 1.86 bits per heavy atom. The zero-order valence-electron chi connectivity index (χ0n) is 12.4. The Morgan fingerprint density at radius 1 is 1.14 bits per heavy atom. The van der Waals surface area contributed by atoms with Crippen LogP contribution in [-0.2, 0) is 4.79 Å². The minimum absolute atomic E-state index is 0.0232. The summed E-state index contributed by atoms with van der Waals surface area (Å²) < 4.78 is 0. The number of benzene rings is 1. The molecular weight excluding hydrogens is 262 g/mol. The van der Waals surface area contributed by atoms with Crippen LogP contribution in [0.1, 0.15) is 32.1 Å². The minimum Gasteiger partial charge on any atom is -0.317 e. The Bertz CT molecular complexity index is 662. The molecule has 2 N–H and O–H groups in total. The number of aromatic nitrogens is 1. The van der Waals surface area contributed by atoms with E-state index in [0.717, 1.165) is 36.6 Å². The van der Waals surface area contributed by atoms with Gasteiger partial charge in [-0.05, 0) is 31.0 Å². The van der Waals surface area contributed by atoms with Crippen molar-refractivity contribution in [3.05, 3.63) is 36.4 Å². The van der Waals surface area contributed by atoms with Crippen molar-refractivity contribution in [1.29, 1.82) is 0 Å². The van der Waals surface area contributed by atoms with Crippen LogP contribution >= 0.6 is 0 Å². The van der Waals surface area contributed by atoms with Gasteiger partial charge in [0.2, 0.25) is 5.91 Å². The van der Waals surface area contributed by atoms with Crippen LogP contribution in [0.25, 0.3) is 10.9 Å². The van der Waals surface area contributed by atoms with E-state index < -0.39 is 5.54 Å². The summed E-state index contributed by atoms with van der Waals surface area (Å²) in [5.74, 6) is 0.638. The Labute approximate surface area is 125 Å². The molecule has 0 spiro atoms. The highest BCUT2D eigenvalue weighted by atomic mass is 16.2. The molecule has 0 radical (unpaired) electrons. The number of anilines is 1. The van der Waals surface area contributed by atoms with Crippen LogP contribution in [0.3, 0.4) is 0 Å². The molecule has 1 aromatic heterocycles. The van der Waals surface area contributed by atoms with Crippen molar-refractivity contribution in [3.8, 4) is 0 Å². The fourth-order valence-corrected chi connectivity index (χ4v) is 3.08. The predicted octanol–water partition coefficient (Wildman–Crippen LogP) is 2.86. The van der Waals surface area contributed by atoms with Crippen LogP contribution in [-0.4, -0.2) is 23.5 Å². The summed E-state index contributed by atoms with van der Waals surface area (Å²) >= 11 is 0. The third-order valence-corrected chi connectivity index (χ3v) is 4.40. The van der Waals surface area contributed by atoms with Crippen molar-refractivity contribution in [2.75, 3.05) is 11.9 Å². The molecule has 1 aliphatic rings. The first-order valence-corrected chi connectivity index (χ1v) is 7.53. The lowest BCUT2D eigenvalue weighted by Crippen LogP contribution is -2.55. The highest BCUT2D eigenvalue weighted by molar-refractivity contribution is 5.99. The lowest BCUT2D eigenvalue weighted by atomic mass is 9.81. The van der Waals surface area contributed by atoms with Crippen LogP contribution < -0.4 is 10.6 Å². The molecule has 21 heavy (non-hydrogen) atoms. The second-order valence-corrected chi connectivity index (χ2v) is 5.94. The molecule has 3 rings (SSSR count). The Hall–Kier alpha value is -1.94. The number of para-hydroxylation sites is 1. The molecular formula is C17H21N3O. The standard InChI is InChI=1S/C17H21N3O/c1-20(16(21)17(18)11-5-2-6-12-17)15-10-9-13-7-3-4-8-14(13)19-15/h3-4,7-10H,2,5-6,11-12,18H2,1H3. The van der Waals surface area contributed by atoms with Crippen molar-refractivity contribution in [3.63, 3.8) is 0 Å². The van der Waals surface area contributed by atoms with Crippen molar-refractivity contribution in [1.82, 2.24) is 4.98 Å². The second kappa shape index (κ2) is 5.45. The fraction of sp³-hybridized carbons (Fsp3) is 0.412. The molecule has 0 bridgehead atoms. The zero-order valence-corrected chi connectivity index (χ0v) is 12.4. The van der Waals surface area contributed by atoms with E-state index in [1.165, 1.54) is 6.42 Å².